The van der Waals surface area contributed by atoms with Crippen LogP contribution in [0.25, 0.3) is 0 Å². The van der Waals surface area contributed by atoms with Crippen LogP contribution in [0.4, 0.5) is 5.69 Å². The second-order valence-electron chi connectivity index (χ2n) is 5.04. The molecule has 1 aliphatic carbocycles. The van der Waals surface area contributed by atoms with Crippen molar-refractivity contribution in [1.82, 2.24) is 0 Å². The van der Waals surface area contributed by atoms with Crippen LogP contribution in [0.15, 0.2) is 22.7 Å². The Morgan fingerprint density at radius 1 is 1.29 bits per heavy atom. The van der Waals surface area contributed by atoms with E-state index >= 15 is 0 Å². The van der Waals surface area contributed by atoms with Gasteiger partial charge in [-0.25, -0.2) is 0 Å². The molecule has 1 fully saturated rings. The molecule has 1 aliphatic rings. The summed E-state index contributed by atoms with van der Waals surface area (Å²) in [7, 11) is 0. The first-order valence-corrected chi connectivity index (χ1v) is 7.10. The standard InChI is InChI=1S/C14H20BrNO/c1-10-2-6-13(7-3-10)17-9-11-4-5-12(15)8-14(11)16/h4-5,8,10,13H,2-3,6-7,9,16H2,1H3. The third-order valence-corrected chi connectivity index (χ3v) is 4.04. The Kier molecular flexibility index (Phi) is 4.46. The Hall–Kier alpha value is -0.540. The van der Waals surface area contributed by atoms with E-state index in [1.54, 1.807) is 0 Å². The highest BCUT2D eigenvalue weighted by atomic mass is 79.9. The van der Waals surface area contributed by atoms with Gasteiger partial charge >= 0.3 is 0 Å². The number of rotatable bonds is 3. The van der Waals surface area contributed by atoms with Crippen LogP contribution in [0.2, 0.25) is 0 Å². The Labute approximate surface area is 112 Å². The molecule has 0 unspecified atom stereocenters. The van der Waals surface area contributed by atoms with E-state index < -0.39 is 0 Å². The average Bonchev–Trinajstić information content (AvgIpc) is 2.30. The molecule has 0 saturated heterocycles. The summed E-state index contributed by atoms with van der Waals surface area (Å²) in [4.78, 5) is 0. The van der Waals surface area contributed by atoms with Crippen molar-refractivity contribution in [1.29, 1.82) is 0 Å². The molecular weight excluding hydrogens is 278 g/mol. The van der Waals surface area contributed by atoms with Crippen molar-refractivity contribution in [3.63, 3.8) is 0 Å². The van der Waals surface area contributed by atoms with Gasteiger partial charge in [0.15, 0.2) is 0 Å². The normalized spacial score (nSPS) is 24.8. The second kappa shape index (κ2) is 5.87. The van der Waals surface area contributed by atoms with Gasteiger partial charge in [-0.05, 0) is 43.7 Å². The Morgan fingerprint density at radius 2 is 2.00 bits per heavy atom. The molecule has 3 heteroatoms. The molecule has 17 heavy (non-hydrogen) atoms. The molecule has 0 heterocycles. The molecule has 2 N–H and O–H groups in total. The number of nitrogens with two attached hydrogens (primary N) is 1. The fourth-order valence-corrected chi connectivity index (χ4v) is 2.68. The summed E-state index contributed by atoms with van der Waals surface area (Å²) in [5.74, 6) is 0.868. The summed E-state index contributed by atoms with van der Waals surface area (Å²) >= 11 is 3.41. The van der Waals surface area contributed by atoms with Crippen LogP contribution in [0.1, 0.15) is 38.2 Å². The van der Waals surface area contributed by atoms with Crippen LogP contribution in [-0.2, 0) is 11.3 Å². The molecule has 0 aliphatic heterocycles. The van der Waals surface area contributed by atoms with E-state index in [0.717, 1.165) is 21.6 Å². The van der Waals surface area contributed by atoms with E-state index in [-0.39, 0.29) is 0 Å². The largest absolute Gasteiger partial charge is 0.398 e. The molecule has 2 nitrogen and oxygen atoms in total. The van der Waals surface area contributed by atoms with Crippen LogP contribution in [0.3, 0.4) is 0 Å². The summed E-state index contributed by atoms with van der Waals surface area (Å²) < 4.78 is 6.96. The molecule has 1 aromatic carbocycles. The van der Waals surface area contributed by atoms with E-state index in [1.807, 2.05) is 18.2 Å². The Morgan fingerprint density at radius 3 is 2.65 bits per heavy atom. The molecule has 0 radical (unpaired) electrons. The van der Waals surface area contributed by atoms with Crippen molar-refractivity contribution in [3.8, 4) is 0 Å². The van der Waals surface area contributed by atoms with Gasteiger partial charge < -0.3 is 10.5 Å². The zero-order valence-corrected chi connectivity index (χ0v) is 11.9. The first-order valence-electron chi connectivity index (χ1n) is 6.30. The molecule has 94 valence electrons. The van der Waals surface area contributed by atoms with Crippen molar-refractivity contribution in [2.24, 2.45) is 5.92 Å². The predicted molar refractivity (Wildman–Crippen MR) is 74.8 cm³/mol. The van der Waals surface area contributed by atoms with Crippen molar-refractivity contribution in [2.75, 3.05) is 5.73 Å². The number of ether oxygens (including phenoxy) is 1. The summed E-state index contributed by atoms with van der Waals surface area (Å²) in [6.07, 6.45) is 5.39. The van der Waals surface area contributed by atoms with Crippen LogP contribution < -0.4 is 5.73 Å². The summed E-state index contributed by atoms with van der Waals surface area (Å²) in [6.45, 7) is 2.96. The van der Waals surface area contributed by atoms with Gasteiger partial charge in [-0.1, -0.05) is 28.9 Å². The topological polar surface area (TPSA) is 35.2 Å². The smallest absolute Gasteiger partial charge is 0.0740 e. The molecule has 0 spiro atoms. The maximum absolute atomic E-state index is 5.95. The maximum Gasteiger partial charge on any atom is 0.0740 e. The lowest BCUT2D eigenvalue weighted by atomic mass is 9.89. The Bertz CT molecular complexity index is 372. The lowest BCUT2D eigenvalue weighted by Gasteiger charge is -2.26. The number of anilines is 1. The van der Waals surface area contributed by atoms with E-state index in [0.29, 0.717) is 12.7 Å². The van der Waals surface area contributed by atoms with Gasteiger partial charge in [0.05, 0.1) is 12.7 Å². The molecule has 2 rings (SSSR count). The van der Waals surface area contributed by atoms with Crippen LogP contribution in [-0.4, -0.2) is 6.10 Å². The van der Waals surface area contributed by atoms with Crippen LogP contribution >= 0.6 is 15.9 Å². The molecule has 1 saturated carbocycles. The minimum Gasteiger partial charge on any atom is -0.398 e. The van der Waals surface area contributed by atoms with Gasteiger partial charge in [0, 0.05) is 15.7 Å². The minimum absolute atomic E-state index is 0.425. The lowest BCUT2D eigenvalue weighted by molar-refractivity contribution is 0.00903. The maximum atomic E-state index is 5.95. The van der Waals surface area contributed by atoms with Crippen LogP contribution in [0, 0.1) is 5.92 Å². The summed E-state index contributed by atoms with van der Waals surface area (Å²) in [6, 6.07) is 5.98. The van der Waals surface area contributed by atoms with Crippen LogP contribution in [0.5, 0.6) is 0 Å². The third kappa shape index (κ3) is 3.71. The number of hydrogen-bond acceptors (Lipinski definition) is 2. The second-order valence-corrected chi connectivity index (χ2v) is 5.95. The highest BCUT2D eigenvalue weighted by molar-refractivity contribution is 9.10. The van der Waals surface area contributed by atoms with Crippen molar-refractivity contribution < 1.29 is 4.74 Å². The first kappa shape index (κ1) is 12.9. The summed E-state index contributed by atoms with van der Waals surface area (Å²) in [5, 5.41) is 0. The van der Waals surface area contributed by atoms with Crippen molar-refractivity contribution in [3.05, 3.63) is 28.2 Å². The lowest BCUT2D eigenvalue weighted by Crippen LogP contribution is -2.20. The number of halogens is 1. The zero-order valence-electron chi connectivity index (χ0n) is 10.3. The highest BCUT2D eigenvalue weighted by Gasteiger charge is 2.18. The average molecular weight is 298 g/mol. The first-order chi connectivity index (χ1) is 8.15. The van der Waals surface area contributed by atoms with Gasteiger partial charge in [0.2, 0.25) is 0 Å². The molecule has 1 aromatic rings. The fraction of sp³-hybridized carbons (Fsp3) is 0.571. The quantitative estimate of drug-likeness (QED) is 0.852. The predicted octanol–water partition coefficient (Wildman–Crippen LogP) is 4.13. The molecule has 0 amide bonds. The Balaban J connectivity index is 1.85. The van der Waals surface area contributed by atoms with E-state index in [9.17, 15) is 0 Å². The monoisotopic (exact) mass is 297 g/mol. The van der Waals surface area contributed by atoms with Gasteiger partial charge in [0.1, 0.15) is 0 Å². The summed E-state index contributed by atoms with van der Waals surface area (Å²) in [5.41, 5.74) is 7.85. The fourth-order valence-electron chi connectivity index (χ4n) is 2.30. The SMILES string of the molecule is CC1CCC(OCc2ccc(Br)cc2N)CC1. The van der Waals surface area contributed by atoms with E-state index in [2.05, 4.69) is 22.9 Å². The molecule has 0 atom stereocenters. The molecular formula is C14H20BrNO. The van der Waals surface area contributed by atoms with Gasteiger partial charge in [-0.3, -0.25) is 0 Å². The van der Waals surface area contributed by atoms with Crippen molar-refractivity contribution in [2.45, 2.75) is 45.3 Å². The van der Waals surface area contributed by atoms with E-state index in [4.69, 9.17) is 10.5 Å². The molecule has 0 bridgehead atoms. The van der Waals surface area contributed by atoms with E-state index in [1.165, 1.54) is 25.7 Å². The highest BCUT2D eigenvalue weighted by Crippen LogP contribution is 2.27. The number of nitrogen functional groups attached to an aromatic ring is 1. The minimum atomic E-state index is 0.425. The molecule has 0 aromatic heterocycles. The van der Waals surface area contributed by atoms with Gasteiger partial charge in [-0.15, -0.1) is 0 Å². The number of hydrogen-bond donors (Lipinski definition) is 1. The van der Waals surface area contributed by atoms with Gasteiger partial charge in [0.25, 0.3) is 0 Å². The zero-order chi connectivity index (χ0) is 12.3. The number of benzene rings is 1. The van der Waals surface area contributed by atoms with Crippen molar-refractivity contribution >= 4 is 21.6 Å². The third-order valence-electron chi connectivity index (χ3n) is 3.55. The van der Waals surface area contributed by atoms with Gasteiger partial charge in [-0.2, -0.15) is 0 Å².